The molecule has 3 heteroatoms. The van der Waals surface area contributed by atoms with E-state index in [1.807, 2.05) is 26.0 Å². The zero-order valence-electron chi connectivity index (χ0n) is 8.34. The van der Waals surface area contributed by atoms with Crippen LogP contribution in [0.3, 0.4) is 0 Å². The number of hydrogen-bond acceptors (Lipinski definition) is 2. The summed E-state index contributed by atoms with van der Waals surface area (Å²) in [6.07, 6.45) is 0.514. The largest absolute Gasteiger partial charge is 0.381 e. The van der Waals surface area contributed by atoms with Crippen LogP contribution in [-0.2, 0) is 0 Å². The predicted octanol–water partition coefficient (Wildman–Crippen LogP) is 3.47. The van der Waals surface area contributed by atoms with E-state index in [0.717, 1.165) is 10.2 Å². The SMILES string of the molecule is Cc1ccc(NC(C)CC#N)c(Br)c1. The van der Waals surface area contributed by atoms with Crippen molar-refractivity contribution in [1.29, 1.82) is 5.26 Å². The molecule has 0 radical (unpaired) electrons. The van der Waals surface area contributed by atoms with Crippen LogP contribution in [0.1, 0.15) is 18.9 Å². The van der Waals surface area contributed by atoms with Crippen molar-refractivity contribution in [2.45, 2.75) is 26.3 Å². The lowest BCUT2D eigenvalue weighted by Gasteiger charge is -2.13. The van der Waals surface area contributed by atoms with Gasteiger partial charge in [0.15, 0.2) is 0 Å². The Bertz CT molecular complexity index is 355. The number of nitrogens with zero attached hydrogens (tertiary/aromatic N) is 1. The van der Waals surface area contributed by atoms with Crippen molar-refractivity contribution in [1.82, 2.24) is 0 Å². The van der Waals surface area contributed by atoms with Crippen LogP contribution in [0.15, 0.2) is 22.7 Å². The van der Waals surface area contributed by atoms with Crippen LogP contribution in [0.4, 0.5) is 5.69 Å². The summed E-state index contributed by atoms with van der Waals surface area (Å²) in [6.45, 7) is 4.04. The van der Waals surface area contributed by atoms with Crippen LogP contribution < -0.4 is 5.32 Å². The molecule has 0 bridgehead atoms. The number of halogens is 1. The molecule has 0 aliphatic carbocycles. The van der Waals surface area contributed by atoms with Crippen molar-refractivity contribution in [2.75, 3.05) is 5.32 Å². The zero-order chi connectivity index (χ0) is 10.6. The van der Waals surface area contributed by atoms with Gasteiger partial charge in [-0.1, -0.05) is 6.07 Å². The fourth-order valence-corrected chi connectivity index (χ4v) is 1.80. The average molecular weight is 253 g/mol. The second-order valence-corrected chi connectivity index (χ2v) is 4.25. The Labute approximate surface area is 93.1 Å². The van der Waals surface area contributed by atoms with Gasteiger partial charge < -0.3 is 5.32 Å². The van der Waals surface area contributed by atoms with Crippen LogP contribution in [0.2, 0.25) is 0 Å². The van der Waals surface area contributed by atoms with E-state index >= 15 is 0 Å². The van der Waals surface area contributed by atoms with Crippen LogP contribution in [-0.4, -0.2) is 6.04 Å². The highest BCUT2D eigenvalue weighted by Crippen LogP contribution is 2.24. The molecule has 74 valence electrons. The quantitative estimate of drug-likeness (QED) is 0.895. The fraction of sp³-hybridized carbons (Fsp3) is 0.364. The molecule has 0 aromatic heterocycles. The highest BCUT2D eigenvalue weighted by molar-refractivity contribution is 9.10. The molecule has 0 fully saturated rings. The van der Waals surface area contributed by atoms with Gasteiger partial charge in [-0.05, 0) is 47.5 Å². The molecule has 0 aliphatic rings. The van der Waals surface area contributed by atoms with Gasteiger partial charge in [-0.2, -0.15) is 5.26 Å². The highest BCUT2D eigenvalue weighted by Gasteiger charge is 2.04. The van der Waals surface area contributed by atoms with E-state index in [1.54, 1.807) is 0 Å². The lowest BCUT2D eigenvalue weighted by atomic mass is 10.2. The Balaban J connectivity index is 2.73. The third-order valence-electron chi connectivity index (χ3n) is 1.92. The molecule has 14 heavy (non-hydrogen) atoms. The van der Waals surface area contributed by atoms with Crippen LogP contribution >= 0.6 is 15.9 Å². The van der Waals surface area contributed by atoms with Gasteiger partial charge in [0, 0.05) is 16.2 Å². The summed E-state index contributed by atoms with van der Waals surface area (Å²) in [5, 5.41) is 11.8. The smallest absolute Gasteiger partial charge is 0.0643 e. The van der Waals surface area contributed by atoms with Gasteiger partial charge in [-0.3, -0.25) is 0 Å². The van der Waals surface area contributed by atoms with E-state index in [4.69, 9.17) is 5.26 Å². The average Bonchev–Trinajstić information content (AvgIpc) is 2.10. The Morgan fingerprint density at radius 2 is 2.29 bits per heavy atom. The summed E-state index contributed by atoms with van der Waals surface area (Å²) < 4.78 is 1.04. The van der Waals surface area contributed by atoms with E-state index in [9.17, 15) is 0 Å². The molecular formula is C11H13BrN2. The standard InChI is InChI=1S/C11H13BrN2/c1-8-3-4-11(10(12)7-8)14-9(2)5-6-13/h3-4,7,9,14H,5H2,1-2H3. The van der Waals surface area contributed by atoms with E-state index in [0.29, 0.717) is 6.42 Å². The number of hydrogen-bond donors (Lipinski definition) is 1. The lowest BCUT2D eigenvalue weighted by molar-refractivity contribution is 0.820. The molecular weight excluding hydrogens is 240 g/mol. The molecule has 1 unspecified atom stereocenters. The lowest BCUT2D eigenvalue weighted by Crippen LogP contribution is -2.14. The van der Waals surface area contributed by atoms with Crippen LogP contribution in [0.5, 0.6) is 0 Å². The van der Waals surface area contributed by atoms with Gasteiger partial charge >= 0.3 is 0 Å². The first kappa shape index (κ1) is 11.1. The van der Waals surface area contributed by atoms with Gasteiger partial charge in [-0.15, -0.1) is 0 Å². The summed E-state index contributed by atoms with van der Waals surface area (Å²) in [5.41, 5.74) is 2.26. The molecule has 1 N–H and O–H groups in total. The summed E-state index contributed by atoms with van der Waals surface area (Å²) in [5.74, 6) is 0. The molecule has 1 aromatic carbocycles. The number of nitriles is 1. The second kappa shape index (κ2) is 5.02. The summed E-state index contributed by atoms with van der Waals surface area (Å²) in [7, 11) is 0. The Morgan fingerprint density at radius 3 is 2.86 bits per heavy atom. The van der Waals surface area contributed by atoms with Gasteiger partial charge in [-0.25, -0.2) is 0 Å². The number of nitrogens with one attached hydrogen (secondary N) is 1. The third kappa shape index (κ3) is 3.04. The monoisotopic (exact) mass is 252 g/mol. The summed E-state index contributed by atoms with van der Waals surface area (Å²) in [6, 6.07) is 8.45. The topological polar surface area (TPSA) is 35.8 Å². The maximum atomic E-state index is 8.53. The van der Waals surface area contributed by atoms with E-state index in [1.165, 1.54) is 5.56 Å². The minimum atomic E-state index is 0.180. The molecule has 0 saturated heterocycles. The molecule has 1 rings (SSSR count). The number of benzene rings is 1. The number of aryl methyl sites for hydroxylation is 1. The Kier molecular flexibility index (Phi) is 3.97. The molecule has 0 amide bonds. The van der Waals surface area contributed by atoms with Crippen LogP contribution in [0, 0.1) is 18.3 Å². The van der Waals surface area contributed by atoms with Gasteiger partial charge in [0.1, 0.15) is 0 Å². The van der Waals surface area contributed by atoms with Crippen molar-refractivity contribution >= 4 is 21.6 Å². The van der Waals surface area contributed by atoms with E-state index in [-0.39, 0.29) is 6.04 Å². The summed E-state index contributed by atoms with van der Waals surface area (Å²) >= 11 is 3.48. The predicted molar refractivity (Wildman–Crippen MR) is 62.2 cm³/mol. The molecule has 0 spiro atoms. The molecule has 2 nitrogen and oxygen atoms in total. The van der Waals surface area contributed by atoms with Crippen LogP contribution in [0.25, 0.3) is 0 Å². The second-order valence-electron chi connectivity index (χ2n) is 3.39. The number of rotatable bonds is 3. The van der Waals surface area contributed by atoms with Gasteiger partial charge in [0.2, 0.25) is 0 Å². The summed E-state index contributed by atoms with van der Waals surface area (Å²) in [4.78, 5) is 0. The van der Waals surface area contributed by atoms with E-state index in [2.05, 4.69) is 33.4 Å². The molecule has 0 heterocycles. The van der Waals surface area contributed by atoms with Crippen molar-refractivity contribution in [3.05, 3.63) is 28.2 Å². The van der Waals surface area contributed by atoms with Crippen molar-refractivity contribution < 1.29 is 0 Å². The Hall–Kier alpha value is -1.01. The molecule has 0 saturated carbocycles. The number of anilines is 1. The van der Waals surface area contributed by atoms with Gasteiger partial charge in [0.25, 0.3) is 0 Å². The zero-order valence-corrected chi connectivity index (χ0v) is 9.93. The maximum Gasteiger partial charge on any atom is 0.0643 e. The van der Waals surface area contributed by atoms with Gasteiger partial charge in [0.05, 0.1) is 12.5 Å². The first-order chi connectivity index (χ1) is 6.63. The first-order valence-electron chi connectivity index (χ1n) is 4.53. The normalized spacial score (nSPS) is 11.9. The minimum absolute atomic E-state index is 0.180. The highest BCUT2D eigenvalue weighted by atomic mass is 79.9. The Morgan fingerprint density at radius 1 is 1.57 bits per heavy atom. The molecule has 0 aliphatic heterocycles. The minimum Gasteiger partial charge on any atom is -0.381 e. The third-order valence-corrected chi connectivity index (χ3v) is 2.58. The van der Waals surface area contributed by atoms with Crippen molar-refractivity contribution in [3.63, 3.8) is 0 Å². The molecule has 1 aromatic rings. The fourth-order valence-electron chi connectivity index (χ4n) is 1.19. The van der Waals surface area contributed by atoms with Crippen molar-refractivity contribution in [3.8, 4) is 6.07 Å². The molecule has 1 atom stereocenters. The first-order valence-corrected chi connectivity index (χ1v) is 5.32. The maximum absolute atomic E-state index is 8.53. The van der Waals surface area contributed by atoms with Crippen molar-refractivity contribution in [2.24, 2.45) is 0 Å². The van der Waals surface area contributed by atoms with E-state index < -0.39 is 0 Å².